The molecule has 6 nitrogen and oxygen atoms in total. The second-order valence-electron chi connectivity index (χ2n) is 28.8. The predicted octanol–water partition coefficient (Wildman–Crippen LogP) is 23.0. The van der Waals surface area contributed by atoms with Gasteiger partial charge in [-0.2, -0.15) is 0 Å². The van der Waals surface area contributed by atoms with Crippen molar-refractivity contribution in [2.24, 2.45) is 0 Å². The van der Waals surface area contributed by atoms with Crippen LogP contribution in [0, 0.1) is 0 Å². The topological polar surface area (TPSA) is 42.6 Å². The Morgan fingerprint density at radius 3 is 1.08 bits per heavy atom. The summed E-state index contributed by atoms with van der Waals surface area (Å²) in [5.41, 5.74) is 13.6. The quantitative estimate of drug-likeness (QED) is 0.156. The molecular formula is C90H71BN4O2. The van der Waals surface area contributed by atoms with Crippen molar-refractivity contribution in [3.05, 3.63) is 283 Å². The Kier molecular flexibility index (Phi) is 9.12. The Balaban J connectivity index is 1.06. The average Bonchev–Trinajstić information content (AvgIpc) is 1.46. The molecule has 0 N–H and O–H groups in total. The number of benzene rings is 13. The van der Waals surface area contributed by atoms with Crippen LogP contribution in [-0.2, 0) is 16.2 Å². The molecule has 6 heterocycles. The number of para-hydroxylation sites is 6. The van der Waals surface area contributed by atoms with Gasteiger partial charge in [-0.3, -0.25) is 0 Å². The fraction of sp³-hybridized carbons (Fsp3) is 0.133. The lowest BCUT2D eigenvalue weighted by atomic mass is 9.33. The highest BCUT2D eigenvalue weighted by Gasteiger charge is 2.47. The van der Waals surface area contributed by atoms with Crippen molar-refractivity contribution in [1.82, 2.24) is 9.13 Å². The lowest BCUT2D eigenvalue weighted by Gasteiger charge is -2.46. The molecule has 2 aliphatic heterocycles. The number of aromatic nitrogens is 2. The van der Waals surface area contributed by atoms with Crippen molar-refractivity contribution in [2.45, 2.75) is 78.6 Å². The van der Waals surface area contributed by atoms with Crippen molar-refractivity contribution < 1.29 is 30.8 Å². The molecule has 2 aliphatic rings. The van der Waals surface area contributed by atoms with Crippen LogP contribution in [0.15, 0.2) is 275 Å². The molecule has 0 saturated heterocycles. The number of fused-ring (bicyclic) bond motifs is 16. The van der Waals surface area contributed by atoms with Gasteiger partial charge in [0.05, 0.1) is 66.1 Å². The van der Waals surface area contributed by atoms with Gasteiger partial charge < -0.3 is 27.8 Å². The molecule has 4 aromatic heterocycles. The van der Waals surface area contributed by atoms with Crippen molar-refractivity contribution in [3.63, 3.8) is 0 Å². The number of rotatable bonds is 6. The summed E-state index contributed by atoms with van der Waals surface area (Å²) < 4.78 is 169. The number of anilines is 6. The van der Waals surface area contributed by atoms with Crippen LogP contribution >= 0.6 is 0 Å². The first kappa shape index (κ1) is 42.9. The molecule has 17 aromatic rings. The first-order valence-electron chi connectivity index (χ1n) is 40.9. The molecular weight excluding hydrogens is 1180 g/mol. The van der Waals surface area contributed by atoms with E-state index in [4.69, 9.17) is 14.3 Å². The second kappa shape index (κ2) is 20.6. The van der Waals surface area contributed by atoms with Gasteiger partial charge in [0.1, 0.15) is 22.3 Å². The standard InChI is InChI=1S/C90H71BN4O2/c1-88(2,3)56-48-77-83-78(49-56)95(85-66(55-30-14-11-15-31-55)53-68(90(7,8)9)87-82(85)64-37-21-27-43-80(64)97-87)76-51-58(93-73-40-24-18-34-61(73)62-35-19-25-41-74(62)93)45-47-70(76)91(83)69-46-44-57(92-71-38-22-16-32-59(71)60-33-17-23-39-72(60)92)50-75(69)94(77)84-65(54-28-12-10-13-29-54)52-67(89(4,5)6)86-81(84)63-36-20-26-42-79(63)96-86/h10-53H,1-9H3/i16D,17D,18D,19D,22D,23D,24D,25D,32D,33D,34D,35D,38D,39D,40D,41D. The van der Waals surface area contributed by atoms with Crippen LogP contribution in [0.3, 0.4) is 0 Å². The summed E-state index contributed by atoms with van der Waals surface area (Å²) in [6.07, 6.45) is 0. The molecule has 13 aromatic carbocycles. The number of hydrogen-bond acceptors (Lipinski definition) is 4. The molecule has 97 heavy (non-hydrogen) atoms. The van der Waals surface area contributed by atoms with Crippen molar-refractivity contribution in [1.29, 1.82) is 0 Å². The SMILES string of the molecule is [2H]c1c([2H])c([2H])c2c(c1[2H])c1c([2H])c([2H])c([2H])c([2H])c1n2-c1ccc2c(c1)N(c1c(-c3ccccc3)cc(C(C)(C)C)c3oc4ccccc4c13)c1cc(C(C)(C)C)cc3c1B2c1ccc(-n2c4c([2H])c([2H])c([2H])c([2H])c4c4c([2H])c([2H])c([2H])c([2H])c42)cc1N3c1c(-c2ccccc2)cc(C(C)(C)C)c2oc3ccccc3c12. The summed E-state index contributed by atoms with van der Waals surface area (Å²) in [5.74, 6) is 0. The Bertz CT molecular complexity index is 6600. The third-order valence-electron chi connectivity index (χ3n) is 20.0. The monoisotopic (exact) mass is 1270 g/mol. The summed E-state index contributed by atoms with van der Waals surface area (Å²) in [6, 6.07) is 48.8. The Hall–Kier alpha value is -11.3. The minimum absolute atomic E-state index is 0.0588. The van der Waals surface area contributed by atoms with E-state index in [2.05, 4.69) is 133 Å². The molecule has 0 radical (unpaired) electrons. The van der Waals surface area contributed by atoms with E-state index >= 15 is 0 Å². The lowest BCUT2D eigenvalue weighted by Crippen LogP contribution is -2.61. The molecule has 0 saturated carbocycles. The van der Waals surface area contributed by atoms with Crippen molar-refractivity contribution in [2.75, 3.05) is 9.80 Å². The summed E-state index contributed by atoms with van der Waals surface area (Å²) in [7, 11) is 0. The highest BCUT2D eigenvalue weighted by atomic mass is 16.3. The maximum atomic E-state index is 9.85. The fourth-order valence-electron chi connectivity index (χ4n) is 15.5. The lowest BCUT2D eigenvalue weighted by molar-refractivity contribution is 0.572. The molecule has 0 bridgehead atoms. The first-order chi connectivity index (χ1) is 53.7. The average molecular weight is 1270 g/mol. The fourth-order valence-corrected chi connectivity index (χ4v) is 15.5. The summed E-state index contributed by atoms with van der Waals surface area (Å²) in [6.45, 7) is 18.7. The van der Waals surface area contributed by atoms with Gasteiger partial charge in [0, 0.05) is 88.7 Å². The minimum atomic E-state index is -0.786. The van der Waals surface area contributed by atoms with Gasteiger partial charge >= 0.3 is 0 Å². The van der Waals surface area contributed by atoms with Crippen LogP contribution < -0.4 is 26.2 Å². The predicted molar refractivity (Wildman–Crippen MR) is 411 cm³/mol. The van der Waals surface area contributed by atoms with Crippen molar-refractivity contribution in [3.8, 4) is 33.6 Å². The number of nitrogens with zero attached hydrogens (tertiary/aromatic N) is 4. The smallest absolute Gasteiger partial charge is 0.252 e. The highest BCUT2D eigenvalue weighted by molar-refractivity contribution is 7.00. The summed E-state index contributed by atoms with van der Waals surface area (Å²) in [4.78, 5) is 4.61. The van der Waals surface area contributed by atoms with Crippen molar-refractivity contribution >= 4 is 145 Å². The van der Waals surface area contributed by atoms with E-state index in [1.165, 1.54) is 0 Å². The van der Waals surface area contributed by atoms with Gasteiger partial charge in [-0.15, -0.1) is 0 Å². The Morgan fingerprint density at radius 2 is 0.711 bits per heavy atom. The number of hydrogen-bond donors (Lipinski definition) is 0. The Morgan fingerprint density at radius 1 is 0.351 bits per heavy atom. The molecule has 0 atom stereocenters. The van der Waals surface area contributed by atoms with Gasteiger partial charge in [0.15, 0.2) is 0 Å². The van der Waals surface area contributed by atoms with E-state index in [0.717, 1.165) is 99.6 Å². The van der Waals surface area contributed by atoms with E-state index in [0.29, 0.717) is 45.1 Å². The zero-order valence-corrected chi connectivity index (χ0v) is 54.8. The van der Waals surface area contributed by atoms with Crippen LogP contribution in [0.4, 0.5) is 34.1 Å². The van der Waals surface area contributed by atoms with E-state index in [1.807, 2.05) is 109 Å². The molecule has 0 fully saturated rings. The van der Waals surface area contributed by atoms with Gasteiger partial charge in [-0.25, -0.2) is 0 Å². The second-order valence-corrected chi connectivity index (χ2v) is 28.8. The van der Waals surface area contributed by atoms with Gasteiger partial charge in [-0.1, -0.05) is 244 Å². The zero-order valence-electron chi connectivity index (χ0n) is 70.8. The van der Waals surface area contributed by atoms with Gasteiger partial charge in [-0.05, 0) is 134 Å². The van der Waals surface area contributed by atoms with Crippen LogP contribution in [0.25, 0.3) is 121 Å². The molecule has 0 spiro atoms. The first-order valence-corrected chi connectivity index (χ1v) is 32.9. The van der Waals surface area contributed by atoms with E-state index in [9.17, 15) is 16.4 Å². The minimum Gasteiger partial charge on any atom is -0.456 e. The molecule has 0 amide bonds. The van der Waals surface area contributed by atoms with Gasteiger partial charge in [0.25, 0.3) is 6.71 Å². The van der Waals surface area contributed by atoms with Crippen LogP contribution in [-0.4, -0.2) is 15.8 Å². The van der Waals surface area contributed by atoms with Crippen LogP contribution in [0.2, 0.25) is 0 Å². The molecule has 0 aliphatic carbocycles. The van der Waals surface area contributed by atoms with E-state index in [-0.39, 0.29) is 43.6 Å². The molecule has 0 unspecified atom stereocenters. The number of furan rings is 2. The van der Waals surface area contributed by atoms with Gasteiger partial charge in [0.2, 0.25) is 0 Å². The maximum Gasteiger partial charge on any atom is 0.252 e. The Labute approximate surface area is 587 Å². The summed E-state index contributed by atoms with van der Waals surface area (Å²) in [5, 5.41) is 2.88. The van der Waals surface area contributed by atoms with Crippen LogP contribution in [0.5, 0.6) is 0 Å². The third-order valence-corrected chi connectivity index (χ3v) is 20.0. The van der Waals surface area contributed by atoms with Crippen LogP contribution in [0.1, 0.15) is 101 Å². The third kappa shape index (κ3) is 8.40. The zero-order chi connectivity index (χ0) is 79.5. The molecule has 19 rings (SSSR count). The summed E-state index contributed by atoms with van der Waals surface area (Å²) >= 11 is 0. The van der Waals surface area contributed by atoms with E-state index in [1.54, 1.807) is 9.13 Å². The largest absolute Gasteiger partial charge is 0.456 e. The molecule has 466 valence electrons. The normalized spacial score (nSPS) is 15.7. The molecule has 7 heteroatoms. The maximum absolute atomic E-state index is 9.85. The highest BCUT2D eigenvalue weighted by Crippen LogP contribution is 2.57. The van der Waals surface area contributed by atoms with E-state index < -0.39 is 120 Å².